The second-order valence-corrected chi connectivity index (χ2v) is 20.2. The third kappa shape index (κ3) is 8.78. The van der Waals surface area contributed by atoms with Gasteiger partial charge < -0.3 is 34.5 Å². The Bertz CT molecular complexity index is 2390. The summed E-state index contributed by atoms with van der Waals surface area (Å²) < 4.78 is 14.3. The number of pyridine rings is 1. The number of methoxy groups -OCH3 is 1. The van der Waals surface area contributed by atoms with Crippen LogP contribution in [0.4, 0.5) is 4.79 Å². The number of urea groups is 1. The lowest BCUT2D eigenvalue weighted by Crippen LogP contribution is -2.69. The topological polar surface area (TPSA) is 163 Å². The van der Waals surface area contributed by atoms with Crippen molar-refractivity contribution >= 4 is 46.1 Å². The van der Waals surface area contributed by atoms with E-state index in [2.05, 4.69) is 65.7 Å². The number of hydrogen-bond acceptors (Lipinski definition) is 11. The van der Waals surface area contributed by atoms with Gasteiger partial charge in [0.05, 0.1) is 34.8 Å². The highest BCUT2D eigenvalue weighted by Crippen LogP contribution is 2.43. The second kappa shape index (κ2) is 18.5. The Labute approximate surface area is 380 Å². The molecule has 4 atom stereocenters. The van der Waals surface area contributed by atoms with Gasteiger partial charge in [-0.05, 0) is 101 Å². The summed E-state index contributed by atoms with van der Waals surface area (Å²) in [6, 6.07) is 7.70. The molecule has 4 amide bonds. The van der Waals surface area contributed by atoms with Crippen molar-refractivity contribution < 1.29 is 28.7 Å². The van der Waals surface area contributed by atoms with Crippen LogP contribution in [0.25, 0.3) is 33.4 Å². The summed E-state index contributed by atoms with van der Waals surface area (Å²) in [6.07, 6.45) is 6.05. The molecule has 8 rings (SSSR count). The molecule has 344 valence electrons. The number of rotatable bonds is 8. The van der Waals surface area contributed by atoms with Crippen molar-refractivity contribution in [2.24, 2.45) is 11.3 Å². The first kappa shape index (κ1) is 45.7. The number of nitrogens with one attached hydrogen (secondary N) is 3. The molecule has 3 fully saturated rings. The van der Waals surface area contributed by atoms with E-state index in [0.29, 0.717) is 43.9 Å². The number of nitrogens with zero attached hydrogens (tertiary/aromatic N) is 6. The van der Waals surface area contributed by atoms with E-state index in [1.165, 1.54) is 16.3 Å². The van der Waals surface area contributed by atoms with Crippen molar-refractivity contribution in [2.45, 2.75) is 123 Å². The molecule has 3 aromatic heterocycles. The number of ether oxygens (including phenoxy) is 2. The fourth-order valence-electron chi connectivity index (χ4n) is 10.3. The SMILES string of the molecule is CCn1c(-c2cccnc2[C@H](C)OC)c2c3cc(ccc31)-c1csc(n1)C[C@H](NC(=O)[C@H](C(C)C)N(C)C(=O)N1CCC13CCNCC3)C(=O)N1CCC[C@H](N1)C(=O)OCC(C)(C)C2. The molecule has 3 N–H and O–H groups in total. The first-order valence-electron chi connectivity index (χ1n) is 23.0. The first-order chi connectivity index (χ1) is 30.6. The molecule has 0 aliphatic carbocycles. The fourth-order valence-corrected chi connectivity index (χ4v) is 11.2. The molecule has 3 saturated heterocycles. The highest BCUT2D eigenvalue weighted by Gasteiger charge is 2.50. The number of benzene rings is 1. The normalized spacial score (nSPS) is 22.1. The minimum Gasteiger partial charge on any atom is -0.464 e. The van der Waals surface area contributed by atoms with Gasteiger partial charge in [0, 0.05) is 84.8 Å². The maximum Gasteiger partial charge on any atom is 0.324 e. The van der Waals surface area contributed by atoms with Crippen molar-refractivity contribution in [1.82, 2.24) is 45.4 Å². The lowest BCUT2D eigenvalue weighted by molar-refractivity contribution is -0.155. The van der Waals surface area contributed by atoms with Crippen LogP contribution in [0.2, 0.25) is 0 Å². The van der Waals surface area contributed by atoms with Crippen LogP contribution in [0.15, 0.2) is 41.9 Å². The Balaban J connectivity index is 1.16. The first-order valence-corrected chi connectivity index (χ1v) is 23.9. The largest absolute Gasteiger partial charge is 0.464 e. The predicted octanol–water partition coefficient (Wildman–Crippen LogP) is 6.11. The molecule has 16 heteroatoms. The van der Waals surface area contributed by atoms with Crippen molar-refractivity contribution in [3.63, 3.8) is 0 Å². The minimum atomic E-state index is -1.03. The summed E-state index contributed by atoms with van der Waals surface area (Å²) >= 11 is 1.44. The van der Waals surface area contributed by atoms with E-state index in [4.69, 9.17) is 19.4 Å². The van der Waals surface area contributed by atoms with Crippen LogP contribution >= 0.6 is 11.3 Å². The number of thiazole rings is 1. The number of likely N-dealkylation sites (N-methyl/N-ethyl adjacent to an activating group) is 1. The number of carbonyl (C=O) groups is 4. The van der Waals surface area contributed by atoms with E-state index in [1.54, 1.807) is 25.3 Å². The monoisotopic (exact) mass is 895 g/mol. The van der Waals surface area contributed by atoms with Gasteiger partial charge >= 0.3 is 12.0 Å². The zero-order chi connectivity index (χ0) is 45.5. The number of cyclic esters (lactones) is 1. The van der Waals surface area contributed by atoms with Crippen LogP contribution < -0.4 is 16.1 Å². The standard InChI is InChI=1S/C48H65N9O6S/c1-9-55-38-15-14-31-24-33(38)34(42(55)32-12-10-19-50-40(32)30(4)62-8)26-47(5,6)28-63-45(60)35-13-11-22-57(53-35)44(59)36(25-39-51-37(31)27-64-39)52-43(58)41(29(2)3)54(7)46(61)56-23-18-48(56)16-20-49-21-17-48/h10,12,14-15,19,24,27,29-30,35-36,41,49,53H,9,11,13,16-18,20-23,25-26,28H2,1-8H3,(H,52,58)/t30-,35-,36-,41-/m0/s1. The third-order valence-electron chi connectivity index (χ3n) is 13.9. The van der Waals surface area contributed by atoms with E-state index in [1.807, 2.05) is 37.1 Å². The Morgan fingerprint density at radius 3 is 2.59 bits per heavy atom. The van der Waals surface area contributed by atoms with Gasteiger partial charge in [0.25, 0.3) is 5.91 Å². The molecule has 4 aromatic rings. The molecular weight excluding hydrogens is 831 g/mol. The van der Waals surface area contributed by atoms with E-state index in [9.17, 15) is 19.2 Å². The molecule has 1 spiro atoms. The summed E-state index contributed by atoms with van der Waals surface area (Å²) in [4.78, 5) is 70.6. The molecule has 0 unspecified atom stereocenters. The highest BCUT2D eigenvalue weighted by molar-refractivity contribution is 7.10. The number of aromatic nitrogens is 3. The Kier molecular flexibility index (Phi) is 13.2. The number of fused-ring (bicyclic) bond motifs is 6. The number of piperidine rings is 1. The molecule has 15 nitrogen and oxygen atoms in total. The molecule has 6 bridgehead atoms. The van der Waals surface area contributed by atoms with Gasteiger partial charge in [-0.1, -0.05) is 33.8 Å². The average Bonchev–Trinajstić information content (AvgIpc) is 3.88. The van der Waals surface area contributed by atoms with E-state index in [0.717, 1.165) is 77.0 Å². The third-order valence-corrected chi connectivity index (χ3v) is 14.8. The summed E-state index contributed by atoms with van der Waals surface area (Å²) in [7, 11) is 3.39. The zero-order valence-corrected chi connectivity index (χ0v) is 39.5. The molecule has 1 aromatic carbocycles. The van der Waals surface area contributed by atoms with E-state index >= 15 is 0 Å². The lowest BCUT2D eigenvalue weighted by atomic mass is 9.77. The number of carbonyl (C=O) groups excluding carboxylic acids is 4. The summed E-state index contributed by atoms with van der Waals surface area (Å²) in [5.74, 6) is -1.47. The average molecular weight is 896 g/mol. The van der Waals surface area contributed by atoms with Gasteiger partial charge in [0.15, 0.2) is 0 Å². The molecule has 0 radical (unpaired) electrons. The van der Waals surface area contributed by atoms with Gasteiger partial charge in [-0.25, -0.2) is 15.2 Å². The minimum absolute atomic E-state index is 0.118. The van der Waals surface area contributed by atoms with E-state index < -0.39 is 35.4 Å². The van der Waals surface area contributed by atoms with Gasteiger partial charge in [0.2, 0.25) is 5.91 Å². The van der Waals surface area contributed by atoms with Crippen LogP contribution in [0.1, 0.15) is 96.0 Å². The summed E-state index contributed by atoms with van der Waals surface area (Å²) in [5, 5.41) is 11.7. The lowest BCUT2D eigenvalue weighted by Gasteiger charge is -2.56. The van der Waals surface area contributed by atoms with E-state index in [-0.39, 0.29) is 42.5 Å². The molecular formula is C48H65N9O6S. The van der Waals surface area contributed by atoms with Crippen LogP contribution in [0.5, 0.6) is 0 Å². The zero-order valence-electron chi connectivity index (χ0n) is 38.7. The van der Waals surface area contributed by atoms with Crippen LogP contribution in [-0.2, 0) is 43.2 Å². The molecule has 7 heterocycles. The summed E-state index contributed by atoms with van der Waals surface area (Å²) in [6.45, 7) is 15.8. The molecule has 4 aliphatic rings. The number of aryl methyl sites for hydroxylation is 1. The highest BCUT2D eigenvalue weighted by atomic mass is 32.1. The molecule has 64 heavy (non-hydrogen) atoms. The van der Waals surface area contributed by atoms with Crippen molar-refractivity contribution in [3.05, 3.63) is 58.2 Å². The van der Waals surface area contributed by atoms with Crippen LogP contribution in [0, 0.1) is 11.3 Å². The Morgan fingerprint density at radius 1 is 1.11 bits per heavy atom. The predicted molar refractivity (Wildman–Crippen MR) is 247 cm³/mol. The number of esters is 1. The van der Waals surface area contributed by atoms with Gasteiger partial charge in [-0.2, -0.15) is 0 Å². The fraction of sp³-hybridized carbons (Fsp3) is 0.583. The molecule has 4 aliphatic heterocycles. The quantitative estimate of drug-likeness (QED) is 0.176. The van der Waals surface area contributed by atoms with Crippen LogP contribution in [0.3, 0.4) is 0 Å². The van der Waals surface area contributed by atoms with Gasteiger partial charge in [-0.15, -0.1) is 11.3 Å². The van der Waals surface area contributed by atoms with Crippen molar-refractivity contribution in [2.75, 3.05) is 46.9 Å². The van der Waals surface area contributed by atoms with Crippen LogP contribution in [-0.4, -0.2) is 124 Å². The summed E-state index contributed by atoms with van der Waals surface area (Å²) in [5.41, 5.74) is 9.26. The number of likely N-dealkylation sites (tertiary alicyclic amines) is 1. The maximum absolute atomic E-state index is 14.6. The van der Waals surface area contributed by atoms with Gasteiger partial charge in [0.1, 0.15) is 18.1 Å². The number of hydrazine groups is 1. The Morgan fingerprint density at radius 2 is 1.89 bits per heavy atom. The smallest absolute Gasteiger partial charge is 0.324 e. The number of hydrogen-bond donors (Lipinski definition) is 3. The van der Waals surface area contributed by atoms with Gasteiger partial charge in [-0.3, -0.25) is 24.4 Å². The Hall–Kier alpha value is -4.90. The van der Waals surface area contributed by atoms with Crippen molar-refractivity contribution in [3.8, 4) is 22.5 Å². The number of amides is 4. The van der Waals surface area contributed by atoms with Crippen molar-refractivity contribution in [1.29, 1.82) is 0 Å². The molecule has 0 saturated carbocycles. The second-order valence-electron chi connectivity index (χ2n) is 19.2. The maximum atomic E-state index is 14.6.